The summed E-state index contributed by atoms with van der Waals surface area (Å²) >= 11 is 0. The fraction of sp³-hybridized carbons (Fsp3) is 0.632. The van der Waals surface area contributed by atoms with Crippen LogP contribution >= 0.6 is 0 Å². The summed E-state index contributed by atoms with van der Waals surface area (Å²) in [5.41, 5.74) is 1.12. The van der Waals surface area contributed by atoms with Crippen molar-refractivity contribution in [3.05, 3.63) is 29.8 Å². The molecular formula is C19H30N2O2. The van der Waals surface area contributed by atoms with Gasteiger partial charge in [-0.2, -0.15) is 0 Å². The van der Waals surface area contributed by atoms with Crippen molar-refractivity contribution in [2.45, 2.75) is 64.5 Å². The minimum absolute atomic E-state index is 0.0319. The lowest BCUT2D eigenvalue weighted by Crippen LogP contribution is -2.44. The number of carbonyl (C=O) groups is 1. The maximum atomic E-state index is 12.4. The Kier molecular flexibility index (Phi) is 6.75. The number of rotatable bonds is 6. The second kappa shape index (κ2) is 8.80. The summed E-state index contributed by atoms with van der Waals surface area (Å²) < 4.78 is 5.21. The summed E-state index contributed by atoms with van der Waals surface area (Å²) in [6.07, 6.45) is 6.86. The smallest absolute Gasteiger partial charge is 0.315 e. The van der Waals surface area contributed by atoms with Gasteiger partial charge in [-0.05, 0) is 42.9 Å². The monoisotopic (exact) mass is 318 g/mol. The molecule has 1 atom stereocenters. The maximum Gasteiger partial charge on any atom is 0.315 e. The first kappa shape index (κ1) is 17.6. The van der Waals surface area contributed by atoms with Gasteiger partial charge >= 0.3 is 6.03 Å². The van der Waals surface area contributed by atoms with E-state index in [0.717, 1.165) is 30.6 Å². The molecule has 0 aliphatic heterocycles. The fourth-order valence-corrected chi connectivity index (χ4v) is 3.22. The first-order valence-corrected chi connectivity index (χ1v) is 8.79. The highest BCUT2D eigenvalue weighted by Gasteiger charge is 2.19. The topological polar surface area (TPSA) is 50.4 Å². The third-order valence-corrected chi connectivity index (χ3v) is 4.47. The van der Waals surface area contributed by atoms with E-state index in [0.29, 0.717) is 12.0 Å². The molecule has 0 saturated heterocycles. The maximum absolute atomic E-state index is 12.4. The van der Waals surface area contributed by atoms with E-state index in [9.17, 15) is 4.79 Å². The molecule has 0 bridgehead atoms. The molecule has 2 N–H and O–H groups in total. The van der Waals surface area contributed by atoms with Crippen LogP contribution in [0.1, 0.15) is 64.0 Å². The molecule has 1 aromatic carbocycles. The lowest BCUT2D eigenvalue weighted by atomic mass is 9.95. The highest BCUT2D eigenvalue weighted by Crippen LogP contribution is 2.24. The predicted octanol–water partition coefficient (Wildman–Crippen LogP) is 4.41. The number of urea groups is 1. The van der Waals surface area contributed by atoms with Gasteiger partial charge in [0.1, 0.15) is 5.75 Å². The van der Waals surface area contributed by atoms with Gasteiger partial charge in [0.25, 0.3) is 0 Å². The zero-order valence-corrected chi connectivity index (χ0v) is 14.6. The quantitative estimate of drug-likeness (QED) is 0.816. The van der Waals surface area contributed by atoms with Gasteiger partial charge in [0, 0.05) is 6.04 Å². The second-order valence-electron chi connectivity index (χ2n) is 6.91. The molecule has 2 amide bonds. The number of benzene rings is 1. The number of amides is 2. The summed E-state index contributed by atoms with van der Waals surface area (Å²) in [5.74, 6) is 1.35. The Bertz CT molecular complexity index is 479. The van der Waals surface area contributed by atoms with Gasteiger partial charge in [-0.1, -0.05) is 45.2 Å². The zero-order valence-electron chi connectivity index (χ0n) is 14.6. The van der Waals surface area contributed by atoms with Crippen molar-refractivity contribution < 1.29 is 9.53 Å². The minimum atomic E-state index is -0.0432. The van der Waals surface area contributed by atoms with Gasteiger partial charge in [0.15, 0.2) is 0 Å². The van der Waals surface area contributed by atoms with Crippen molar-refractivity contribution in [2.75, 3.05) is 7.11 Å². The van der Waals surface area contributed by atoms with E-state index in [1.807, 2.05) is 24.3 Å². The Morgan fingerprint density at radius 2 is 1.83 bits per heavy atom. The Morgan fingerprint density at radius 3 is 2.39 bits per heavy atom. The summed E-state index contributed by atoms with van der Waals surface area (Å²) in [7, 11) is 1.66. The van der Waals surface area contributed by atoms with Crippen LogP contribution in [-0.4, -0.2) is 19.2 Å². The molecule has 0 unspecified atom stereocenters. The van der Waals surface area contributed by atoms with Gasteiger partial charge in [-0.15, -0.1) is 0 Å². The second-order valence-corrected chi connectivity index (χ2v) is 6.91. The van der Waals surface area contributed by atoms with Crippen LogP contribution in [0, 0.1) is 5.92 Å². The fourth-order valence-electron chi connectivity index (χ4n) is 3.22. The van der Waals surface area contributed by atoms with E-state index in [1.165, 1.54) is 19.3 Å². The van der Waals surface area contributed by atoms with Gasteiger partial charge in [0.05, 0.1) is 13.2 Å². The van der Waals surface area contributed by atoms with Crippen molar-refractivity contribution >= 4 is 6.03 Å². The van der Waals surface area contributed by atoms with Gasteiger partial charge in [-0.25, -0.2) is 4.79 Å². The van der Waals surface area contributed by atoms with Crippen LogP contribution < -0.4 is 15.4 Å². The van der Waals surface area contributed by atoms with Gasteiger partial charge in [-0.3, -0.25) is 0 Å². The molecule has 1 fully saturated rings. The Morgan fingerprint density at radius 1 is 1.17 bits per heavy atom. The number of carbonyl (C=O) groups excluding carboxylic acids is 1. The zero-order chi connectivity index (χ0) is 16.7. The number of methoxy groups -OCH3 is 1. The summed E-state index contributed by atoms with van der Waals surface area (Å²) in [5, 5.41) is 6.30. The SMILES string of the molecule is COc1ccc([C@H](CC(C)C)NC(=O)NC2CCCCC2)cc1. The minimum Gasteiger partial charge on any atom is -0.497 e. The molecule has 4 nitrogen and oxygen atoms in total. The van der Waals surface area contributed by atoms with Crippen LogP contribution in [0.25, 0.3) is 0 Å². The number of nitrogens with one attached hydrogen (secondary N) is 2. The van der Waals surface area contributed by atoms with Gasteiger partial charge in [0.2, 0.25) is 0 Å². The van der Waals surface area contributed by atoms with Crippen molar-refractivity contribution in [1.29, 1.82) is 0 Å². The van der Waals surface area contributed by atoms with Crippen molar-refractivity contribution in [1.82, 2.24) is 10.6 Å². The molecule has 0 aromatic heterocycles. The molecular weight excluding hydrogens is 288 g/mol. The van der Waals surface area contributed by atoms with Crippen molar-refractivity contribution in [2.24, 2.45) is 5.92 Å². The number of hydrogen-bond acceptors (Lipinski definition) is 2. The van der Waals surface area contributed by atoms with E-state index >= 15 is 0 Å². The van der Waals surface area contributed by atoms with Crippen LogP contribution in [0.4, 0.5) is 4.79 Å². The Balaban J connectivity index is 1.97. The average molecular weight is 318 g/mol. The largest absolute Gasteiger partial charge is 0.497 e. The third-order valence-electron chi connectivity index (χ3n) is 4.47. The summed E-state index contributed by atoms with van der Waals surface area (Å²) in [4.78, 5) is 12.4. The lowest BCUT2D eigenvalue weighted by Gasteiger charge is -2.26. The van der Waals surface area contributed by atoms with Crippen LogP contribution in [0.5, 0.6) is 5.75 Å². The van der Waals surface area contributed by atoms with Gasteiger partial charge < -0.3 is 15.4 Å². The Hall–Kier alpha value is -1.71. The van der Waals surface area contributed by atoms with Crippen LogP contribution in [0.3, 0.4) is 0 Å². The molecule has 4 heteroatoms. The molecule has 1 aliphatic carbocycles. The predicted molar refractivity (Wildman–Crippen MR) is 93.7 cm³/mol. The van der Waals surface area contributed by atoms with E-state index in [1.54, 1.807) is 7.11 Å². The van der Waals surface area contributed by atoms with Crippen LogP contribution in [-0.2, 0) is 0 Å². The highest BCUT2D eigenvalue weighted by atomic mass is 16.5. The molecule has 128 valence electrons. The molecule has 23 heavy (non-hydrogen) atoms. The van der Waals surface area contributed by atoms with E-state index in [-0.39, 0.29) is 12.1 Å². The molecule has 0 heterocycles. The Labute approximate surface area is 140 Å². The third kappa shape index (κ3) is 5.77. The molecule has 1 aliphatic rings. The van der Waals surface area contributed by atoms with E-state index in [2.05, 4.69) is 24.5 Å². The first-order valence-electron chi connectivity index (χ1n) is 8.79. The average Bonchev–Trinajstić information content (AvgIpc) is 2.55. The highest BCUT2D eigenvalue weighted by molar-refractivity contribution is 5.74. The lowest BCUT2D eigenvalue weighted by molar-refractivity contribution is 0.227. The first-order chi connectivity index (χ1) is 11.1. The van der Waals surface area contributed by atoms with Crippen molar-refractivity contribution in [3.63, 3.8) is 0 Å². The normalized spacial score (nSPS) is 16.9. The van der Waals surface area contributed by atoms with Crippen molar-refractivity contribution in [3.8, 4) is 5.75 Å². The number of hydrogen-bond donors (Lipinski definition) is 2. The molecule has 0 spiro atoms. The summed E-state index contributed by atoms with van der Waals surface area (Å²) in [6, 6.07) is 8.29. The molecule has 0 radical (unpaired) electrons. The molecule has 1 saturated carbocycles. The molecule has 1 aromatic rings. The van der Waals surface area contributed by atoms with Crippen LogP contribution in [0.2, 0.25) is 0 Å². The van der Waals surface area contributed by atoms with E-state index < -0.39 is 0 Å². The molecule has 2 rings (SSSR count). The standard InChI is InChI=1S/C19H30N2O2/c1-14(2)13-18(15-9-11-17(23-3)12-10-15)21-19(22)20-16-7-5-4-6-8-16/h9-12,14,16,18H,4-8,13H2,1-3H3,(H2,20,21,22)/t18-/m0/s1. The number of ether oxygens (including phenoxy) is 1. The van der Waals surface area contributed by atoms with Crippen LogP contribution in [0.15, 0.2) is 24.3 Å². The summed E-state index contributed by atoms with van der Waals surface area (Å²) in [6.45, 7) is 4.36. The van der Waals surface area contributed by atoms with E-state index in [4.69, 9.17) is 4.74 Å².